The first-order valence-electron chi connectivity index (χ1n) is 6.65. The van der Waals surface area contributed by atoms with E-state index in [9.17, 15) is 14.9 Å². The van der Waals surface area contributed by atoms with E-state index in [1.165, 1.54) is 6.07 Å². The number of rotatable bonds is 4. The maximum atomic E-state index is 12.3. The zero-order valence-electron chi connectivity index (χ0n) is 11.9. The van der Waals surface area contributed by atoms with E-state index in [1.54, 1.807) is 23.1 Å². The molecule has 0 spiro atoms. The minimum atomic E-state index is -0.448. The standard InChI is InChI=1S/C14H19N3O3.ClH/c1-14(9-15)6-7-16(10-14)13(18)8-11-4-2-3-5-12(11)17(19)20;/h2-5H,6-10,15H2,1H3;1H. The molecule has 2 rings (SSSR count). The smallest absolute Gasteiger partial charge is 0.273 e. The molecule has 1 fully saturated rings. The van der Waals surface area contributed by atoms with Gasteiger partial charge in [-0.25, -0.2) is 0 Å². The predicted molar refractivity (Wildman–Crippen MR) is 82.4 cm³/mol. The van der Waals surface area contributed by atoms with Crippen molar-refractivity contribution in [3.05, 3.63) is 39.9 Å². The summed E-state index contributed by atoms with van der Waals surface area (Å²) in [5, 5.41) is 10.9. The maximum absolute atomic E-state index is 12.3. The fourth-order valence-electron chi connectivity index (χ4n) is 2.52. The first-order valence-corrected chi connectivity index (χ1v) is 6.65. The number of hydrogen-bond acceptors (Lipinski definition) is 4. The summed E-state index contributed by atoms with van der Waals surface area (Å²) in [5.41, 5.74) is 6.15. The van der Waals surface area contributed by atoms with Gasteiger partial charge >= 0.3 is 0 Å². The number of para-hydroxylation sites is 1. The third-order valence-electron chi connectivity index (χ3n) is 3.93. The third-order valence-corrected chi connectivity index (χ3v) is 3.93. The second kappa shape index (κ2) is 6.87. The number of benzene rings is 1. The number of carbonyl (C=O) groups is 1. The topological polar surface area (TPSA) is 89.5 Å². The van der Waals surface area contributed by atoms with E-state index in [0.29, 0.717) is 25.2 Å². The first-order chi connectivity index (χ1) is 9.45. The molecule has 2 N–H and O–H groups in total. The van der Waals surface area contributed by atoms with Crippen molar-refractivity contribution in [2.24, 2.45) is 11.1 Å². The summed E-state index contributed by atoms with van der Waals surface area (Å²) in [6.07, 6.45) is 0.948. The lowest BCUT2D eigenvalue weighted by Gasteiger charge is -2.22. The number of amides is 1. The molecule has 6 nitrogen and oxygen atoms in total. The van der Waals surface area contributed by atoms with E-state index in [4.69, 9.17) is 5.73 Å². The van der Waals surface area contributed by atoms with Gasteiger partial charge in [-0.1, -0.05) is 25.1 Å². The Labute approximate surface area is 129 Å². The molecule has 0 saturated carbocycles. The van der Waals surface area contributed by atoms with E-state index >= 15 is 0 Å². The molecule has 7 heteroatoms. The van der Waals surface area contributed by atoms with Crippen LogP contribution in [0, 0.1) is 15.5 Å². The van der Waals surface area contributed by atoms with Crippen molar-refractivity contribution >= 4 is 24.0 Å². The van der Waals surface area contributed by atoms with Crippen LogP contribution in [-0.4, -0.2) is 35.4 Å². The first kappa shape index (κ1) is 17.4. The van der Waals surface area contributed by atoms with Crippen LogP contribution in [0.25, 0.3) is 0 Å². The lowest BCUT2D eigenvalue weighted by molar-refractivity contribution is -0.385. The van der Waals surface area contributed by atoms with Gasteiger partial charge in [0.1, 0.15) is 0 Å². The number of nitrogens with two attached hydrogens (primary N) is 1. The number of nitro benzene ring substituents is 1. The number of likely N-dealkylation sites (tertiary alicyclic amines) is 1. The Balaban J connectivity index is 0.00000220. The largest absolute Gasteiger partial charge is 0.342 e. The minimum Gasteiger partial charge on any atom is -0.342 e. The summed E-state index contributed by atoms with van der Waals surface area (Å²) < 4.78 is 0. The molecule has 0 radical (unpaired) electrons. The Morgan fingerprint density at radius 3 is 2.71 bits per heavy atom. The molecule has 0 bridgehead atoms. The van der Waals surface area contributed by atoms with Gasteiger partial charge in [0, 0.05) is 24.7 Å². The second-order valence-corrected chi connectivity index (χ2v) is 5.64. The van der Waals surface area contributed by atoms with Crippen molar-refractivity contribution in [3.8, 4) is 0 Å². The molecule has 116 valence electrons. The van der Waals surface area contributed by atoms with Gasteiger partial charge in [0.25, 0.3) is 5.69 Å². The van der Waals surface area contributed by atoms with Gasteiger partial charge in [-0.15, -0.1) is 12.4 Å². The van der Waals surface area contributed by atoms with Gasteiger partial charge in [0.15, 0.2) is 0 Å². The second-order valence-electron chi connectivity index (χ2n) is 5.64. The van der Waals surface area contributed by atoms with E-state index in [0.717, 1.165) is 6.42 Å². The van der Waals surface area contributed by atoms with Crippen LogP contribution in [0.2, 0.25) is 0 Å². The summed E-state index contributed by atoms with van der Waals surface area (Å²) in [4.78, 5) is 24.5. The van der Waals surface area contributed by atoms with E-state index in [-0.39, 0.29) is 35.8 Å². The molecule has 1 saturated heterocycles. The molecule has 1 aromatic rings. The van der Waals surface area contributed by atoms with Crippen molar-refractivity contribution in [2.45, 2.75) is 19.8 Å². The van der Waals surface area contributed by atoms with Gasteiger partial charge in [0.2, 0.25) is 5.91 Å². The summed E-state index contributed by atoms with van der Waals surface area (Å²) >= 11 is 0. The fraction of sp³-hybridized carbons (Fsp3) is 0.500. The van der Waals surface area contributed by atoms with Crippen LogP contribution in [0.4, 0.5) is 5.69 Å². The van der Waals surface area contributed by atoms with Crippen molar-refractivity contribution in [1.82, 2.24) is 4.90 Å². The monoisotopic (exact) mass is 313 g/mol. The molecular weight excluding hydrogens is 294 g/mol. The van der Waals surface area contributed by atoms with E-state index < -0.39 is 4.92 Å². The molecule has 1 amide bonds. The van der Waals surface area contributed by atoms with Crippen molar-refractivity contribution in [1.29, 1.82) is 0 Å². The highest BCUT2D eigenvalue weighted by atomic mass is 35.5. The van der Waals surface area contributed by atoms with Crippen molar-refractivity contribution < 1.29 is 9.72 Å². The Kier molecular flexibility index (Phi) is 5.69. The molecule has 0 aromatic heterocycles. The highest BCUT2D eigenvalue weighted by Crippen LogP contribution is 2.29. The Morgan fingerprint density at radius 1 is 1.48 bits per heavy atom. The highest BCUT2D eigenvalue weighted by Gasteiger charge is 2.35. The molecule has 1 aromatic carbocycles. The van der Waals surface area contributed by atoms with Gasteiger partial charge in [0.05, 0.1) is 11.3 Å². The van der Waals surface area contributed by atoms with Crippen molar-refractivity contribution in [3.63, 3.8) is 0 Å². The normalized spacial score (nSPS) is 21.0. The molecule has 21 heavy (non-hydrogen) atoms. The summed E-state index contributed by atoms with van der Waals surface area (Å²) in [6.45, 7) is 3.91. The summed E-state index contributed by atoms with van der Waals surface area (Å²) in [6, 6.07) is 6.38. The number of carbonyl (C=O) groups excluding carboxylic acids is 1. The van der Waals surface area contributed by atoms with Crippen LogP contribution in [0.3, 0.4) is 0 Å². The maximum Gasteiger partial charge on any atom is 0.273 e. The van der Waals surface area contributed by atoms with Gasteiger partial charge in [-0.3, -0.25) is 14.9 Å². The number of halogens is 1. The van der Waals surface area contributed by atoms with Gasteiger partial charge < -0.3 is 10.6 Å². The fourth-order valence-corrected chi connectivity index (χ4v) is 2.52. The molecular formula is C14H20ClN3O3. The minimum absolute atomic E-state index is 0. The Hall–Kier alpha value is -1.66. The number of hydrogen-bond donors (Lipinski definition) is 1. The van der Waals surface area contributed by atoms with Crippen LogP contribution in [0.15, 0.2) is 24.3 Å². The van der Waals surface area contributed by atoms with Crippen LogP contribution in [0.1, 0.15) is 18.9 Å². The molecule has 1 aliphatic rings. The van der Waals surface area contributed by atoms with Crippen LogP contribution >= 0.6 is 12.4 Å². The lowest BCUT2D eigenvalue weighted by Crippen LogP contribution is -2.35. The quantitative estimate of drug-likeness (QED) is 0.677. The van der Waals surface area contributed by atoms with Gasteiger partial charge in [-0.05, 0) is 18.4 Å². The SMILES string of the molecule is CC1(CN)CCN(C(=O)Cc2ccccc2[N+](=O)[O-])C1.Cl. The summed E-state index contributed by atoms with van der Waals surface area (Å²) in [7, 11) is 0. The average Bonchev–Trinajstić information content (AvgIpc) is 2.83. The van der Waals surface area contributed by atoms with Crippen LogP contribution in [-0.2, 0) is 11.2 Å². The average molecular weight is 314 g/mol. The molecule has 0 aliphatic carbocycles. The van der Waals surface area contributed by atoms with Crippen LogP contribution in [0.5, 0.6) is 0 Å². The molecule has 1 unspecified atom stereocenters. The summed E-state index contributed by atoms with van der Waals surface area (Å²) in [5.74, 6) is -0.0727. The molecule has 1 atom stereocenters. The highest BCUT2D eigenvalue weighted by molar-refractivity contribution is 5.85. The Bertz CT molecular complexity index is 538. The van der Waals surface area contributed by atoms with Crippen molar-refractivity contribution in [2.75, 3.05) is 19.6 Å². The zero-order chi connectivity index (χ0) is 14.8. The predicted octanol–water partition coefficient (Wildman–Crippen LogP) is 1.76. The zero-order valence-corrected chi connectivity index (χ0v) is 12.8. The molecule has 1 aliphatic heterocycles. The van der Waals surface area contributed by atoms with Gasteiger partial charge in [-0.2, -0.15) is 0 Å². The number of nitrogens with zero attached hydrogens (tertiary/aromatic N) is 2. The van der Waals surface area contributed by atoms with E-state index in [1.807, 2.05) is 0 Å². The number of nitro groups is 1. The van der Waals surface area contributed by atoms with Crippen LogP contribution < -0.4 is 5.73 Å². The molecule has 1 heterocycles. The lowest BCUT2D eigenvalue weighted by atomic mass is 9.90. The third kappa shape index (κ3) is 3.92. The Morgan fingerprint density at radius 2 is 2.14 bits per heavy atom. The van der Waals surface area contributed by atoms with E-state index in [2.05, 4.69) is 6.92 Å².